The first-order valence-corrected chi connectivity index (χ1v) is 8.79. The summed E-state index contributed by atoms with van der Waals surface area (Å²) in [6, 6.07) is 5.68. The molecular weight excluding hydrogens is 330 g/mol. The van der Waals surface area contributed by atoms with Gasteiger partial charge in [0.15, 0.2) is 5.65 Å². The van der Waals surface area contributed by atoms with Gasteiger partial charge in [-0.3, -0.25) is 9.78 Å². The van der Waals surface area contributed by atoms with Crippen LogP contribution in [0.2, 0.25) is 0 Å². The zero-order valence-electron chi connectivity index (χ0n) is 14.5. The van der Waals surface area contributed by atoms with Crippen molar-refractivity contribution in [1.29, 1.82) is 0 Å². The third-order valence-corrected chi connectivity index (χ3v) is 4.92. The number of hydrogen-bond acceptors (Lipinski definition) is 5. The predicted octanol–water partition coefficient (Wildman–Crippen LogP) is 1.54. The Kier molecular flexibility index (Phi) is 4.38. The van der Waals surface area contributed by atoms with E-state index in [2.05, 4.69) is 20.4 Å². The van der Waals surface area contributed by atoms with Crippen LogP contribution in [0.1, 0.15) is 34.5 Å². The Morgan fingerprint density at radius 2 is 2.19 bits per heavy atom. The van der Waals surface area contributed by atoms with Crippen LogP contribution in [-0.4, -0.2) is 42.7 Å². The topological polar surface area (TPSA) is 92.4 Å². The van der Waals surface area contributed by atoms with Crippen LogP contribution in [0.5, 0.6) is 0 Å². The molecule has 1 aliphatic carbocycles. The molecule has 0 aromatic carbocycles. The van der Waals surface area contributed by atoms with Gasteiger partial charge in [-0.15, -0.1) is 0 Å². The number of nitrogens with one attached hydrogen (secondary N) is 1. The van der Waals surface area contributed by atoms with Gasteiger partial charge in [-0.2, -0.15) is 5.10 Å². The van der Waals surface area contributed by atoms with Gasteiger partial charge in [0.05, 0.1) is 12.3 Å². The van der Waals surface area contributed by atoms with Crippen LogP contribution in [0.4, 0.5) is 0 Å². The zero-order chi connectivity index (χ0) is 18.1. The molecule has 2 N–H and O–H groups in total. The number of nitrogens with zero attached hydrogens (tertiary/aromatic N) is 4. The number of rotatable bonds is 5. The smallest absolute Gasteiger partial charge is 0.257 e. The first-order chi connectivity index (χ1) is 12.6. The van der Waals surface area contributed by atoms with E-state index in [1.807, 2.05) is 31.3 Å². The standard InChI is InChI=1S/C19H21N5O2/c1-12-9-21-18-16(10-22-24(18)11-12)19(26)23-17(13-6-15(25)7-13)8-14-4-2-3-5-20-14/h2-5,9-11,13,15,17,25H,6-8H2,1H3,(H,23,26). The molecule has 3 aromatic rings. The predicted molar refractivity (Wildman–Crippen MR) is 95.7 cm³/mol. The van der Waals surface area contributed by atoms with Gasteiger partial charge < -0.3 is 10.4 Å². The van der Waals surface area contributed by atoms with Gasteiger partial charge in [0.2, 0.25) is 0 Å². The number of aryl methyl sites for hydroxylation is 1. The van der Waals surface area contributed by atoms with Crippen molar-refractivity contribution in [3.63, 3.8) is 0 Å². The van der Waals surface area contributed by atoms with Crippen LogP contribution in [0.15, 0.2) is 43.0 Å². The summed E-state index contributed by atoms with van der Waals surface area (Å²) in [6.07, 6.45) is 8.62. The Morgan fingerprint density at radius 3 is 2.92 bits per heavy atom. The number of hydrogen-bond donors (Lipinski definition) is 2. The maximum absolute atomic E-state index is 12.8. The second-order valence-corrected chi connectivity index (χ2v) is 6.95. The van der Waals surface area contributed by atoms with Crippen LogP contribution < -0.4 is 5.32 Å². The minimum Gasteiger partial charge on any atom is -0.393 e. The molecule has 1 fully saturated rings. The lowest BCUT2D eigenvalue weighted by molar-refractivity contribution is 0.0238. The summed E-state index contributed by atoms with van der Waals surface area (Å²) in [6.45, 7) is 1.93. The van der Waals surface area contributed by atoms with Crippen LogP contribution >= 0.6 is 0 Å². The second kappa shape index (κ2) is 6.84. The van der Waals surface area contributed by atoms with E-state index in [1.165, 1.54) is 0 Å². The molecule has 0 radical (unpaired) electrons. The zero-order valence-corrected chi connectivity index (χ0v) is 14.5. The quantitative estimate of drug-likeness (QED) is 0.727. The van der Waals surface area contributed by atoms with Gasteiger partial charge in [0.25, 0.3) is 5.91 Å². The van der Waals surface area contributed by atoms with E-state index in [1.54, 1.807) is 23.1 Å². The molecule has 26 heavy (non-hydrogen) atoms. The molecule has 1 saturated carbocycles. The highest BCUT2D eigenvalue weighted by Gasteiger charge is 2.35. The number of amides is 1. The third kappa shape index (κ3) is 3.30. The van der Waals surface area contributed by atoms with Crippen molar-refractivity contribution < 1.29 is 9.90 Å². The fourth-order valence-electron chi connectivity index (χ4n) is 3.41. The molecule has 1 aliphatic rings. The number of carbonyl (C=O) groups is 1. The summed E-state index contributed by atoms with van der Waals surface area (Å²) in [5, 5.41) is 17.0. The Balaban J connectivity index is 1.55. The fourth-order valence-corrected chi connectivity index (χ4v) is 3.41. The lowest BCUT2D eigenvalue weighted by Crippen LogP contribution is -2.48. The lowest BCUT2D eigenvalue weighted by Gasteiger charge is -2.38. The minimum absolute atomic E-state index is 0.0822. The number of aromatic nitrogens is 4. The van der Waals surface area contributed by atoms with Gasteiger partial charge in [0.1, 0.15) is 5.56 Å². The van der Waals surface area contributed by atoms with Crippen LogP contribution in [0.3, 0.4) is 0 Å². The molecule has 1 atom stereocenters. The Labute approximate surface area is 151 Å². The van der Waals surface area contributed by atoms with E-state index in [4.69, 9.17) is 0 Å². The molecule has 4 rings (SSSR count). The van der Waals surface area contributed by atoms with Gasteiger partial charge in [-0.05, 0) is 43.4 Å². The summed E-state index contributed by atoms with van der Waals surface area (Å²) in [5.74, 6) is 0.0478. The Hall–Kier alpha value is -2.80. The summed E-state index contributed by atoms with van der Waals surface area (Å²) in [5.41, 5.74) is 2.89. The van der Waals surface area contributed by atoms with Gasteiger partial charge in [0, 0.05) is 36.7 Å². The van der Waals surface area contributed by atoms with E-state index in [-0.39, 0.29) is 24.0 Å². The molecular formula is C19H21N5O2. The number of carbonyl (C=O) groups excluding carboxylic acids is 1. The number of pyridine rings is 1. The highest BCUT2D eigenvalue weighted by Crippen LogP contribution is 2.31. The molecule has 134 valence electrons. The number of fused-ring (bicyclic) bond motifs is 1. The summed E-state index contributed by atoms with van der Waals surface area (Å²) in [4.78, 5) is 21.5. The van der Waals surface area contributed by atoms with Crippen molar-refractivity contribution in [2.45, 2.75) is 38.3 Å². The highest BCUT2D eigenvalue weighted by atomic mass is 16.3. The monoisotopic (exact) mass is 351 g/mol. The third-order valence-electron chi connectivity index (χ3n) is 4.92. The molecule has 0 spiro atoms. The lowest BCUT2D eigenvalue weighted by atomic mass is 9.76. The van der Waals surface area contributed by atoms with Crippen LogP contribution in [-0.2, 0) is 6.42 Å². The fraction of sp³-hybridized carbons (Fsp3) is 0.368. The van der Waals surface area contributed by atoms with E-state index in [0.29, 0.717) is 30.5 Å². The van der Waals surface area contributed by atoms with Crippen molar-refractivity contribution in [3.05, 3.63) is 59.8 Å². The Morgan fingerprint density at radius 1 is 1.35 bits per heavy atom. The molecule has 0 aliphatic heterocycles. The largest absolute Gasteiger partial charge is 0.393 e. The summed E-state index contributed by atoms with van der Waals surface area (Å²) < 4.78 is 1.62. The molecule has 0 bridgehead atoms. The van der Waals surface area contributed by atoms with Crippen LogP contribution in [0.25, 0.3) is 5.65 Å². The van der Waals surface area contributed by atoms with E-state index in [9.17, 15) is 9.90 Å². The Bertz CT molecular complexity index is 918. The molecule has 3 aromatic heterocycles. The molecule has 7 nitrogen and oxygen atoms in total. The SMILES string of the molecule is Cc1cnc2c(C(=O)NC(Cc3ccccn3)C3CC(O)C3)cnn2c1. The van der Waals surface area contributed by atoms with Crippen LogP contribution in [0, 0.1) is 12.8 Å². The van der Waals surface area contributed by atoms with E-state index < -0.39 is 0 Å². The van der Waals surface area contributed by atoms with Crippen molar-refractivity contribution in [2.24, 2.45) is 5.92 Å². The molecule has 3 heterocycles. The van der Waals surface area contributed by atoms with Crippen molar-refractivity contribution in [2.75, 3.05) is 0 Å². The van der Waals surface area contributed by atoms with Crippen molar-refractivity contribution >= 4 is 11.6 Å². The summed E-state index contributed by atoms with van der Waals surface area (Å²) in [7, 11) is 0. The van der Waals surface area contributed by atoms with Crippen molar-refractivity contribution in [3.8, 4) is 0 Å². The summed E-state index contributed by atoms with van der Waals surface area (Å²) >= 11 is 0. The first-order valence-electron chi connectivity index (χ1n) is 8.79. The molecule has 1 amide bonds. The van der Waals surface area contributed by atoms with Gasteiger partial charge in [-0.25, -0.2) is 9.50 Å². The second-order valence-electron chi connectivity index (χ2n) is 6.95. The number of aliphatic hydroxyl groups excluding tert-OH is 1. The molecule has 7 heteroatoms. The highest BCUT2D eigenvalue weighted by molar-refractivity contribution is 5.99. The van der Waals surface area contributed by atoms with E-state index in [0.717, 1.165) is 11.3 Å². The maximum atomic E-state index is 12.8. The van der Waals surface area contributed by atoms with E-state index >= 15 is 0 Å². The van der Waals surface area contributed by atoms with Gasteiger partial charge in [-0.1, -0.05) is 6.07 Å². The molecule has 0 saturated heterocycles. The minimum atomic E-state index is -0.273. The molecule has 1 unspecified atom stereocenters. The number of aliphatic hydroxyl groups is 1. The first kappa shape index (κ1) is 16.7. The average molecular weight is 351 g/mol. The van der Waals surface area contributed by atoms with Crippen molar-refractivity contribution in [1.82, 2.24) is 24.9 Å². The maximum Gasteiger partial charge on any atom is 0.257 e. The average Bonchev–Trinajstić information content (AvgIpc) is 3.02. The normalized spacial score (nSPS) is 20.5. The van der Waals surface area contributed by atoms with Gasteiger partial charge >= 0.3 is 0 Å².